The Balaban J connectivity index is 2.63. The summed E-state index contributed by atoms with van der Waals surface area (Å²) < 4.78 is 1.64. The first-order valence-electron chi connectivity index (χ1n) is 6.67. The third-order valence-electron chi connectivity index (χ3n) is 2.45. The summed E-state index contributed by atoms with van der Waals surface area (Å²) in [6.07, 6.45) is 2.29. The van der Waals surface area contributed by atoms with Crippen molar-refractivity contribution < 1.29 is 9.59 Å². The number of nitrogens with two attached hydrogens (primary N) is 1. The number of nitrogens with zero attached hydrogens (tertiary/aromatic N) is 2. The number of urea groups is 1. The van der Waals surface area contributed by atoms with E-state index in [1.165, 1.54) is 23.1 Å². The van der Waals surface area contributed by atoms with Crippen molar-refractivity contribution in [3.63, 3.8) is 0 Å². The number of primary amides is 1. The van der Waals surface area contributed by atoms with Gasteiger partial charge in [-0.2, -0.15) is 0 Å². The van der Waals surface area contributed by atoms with Crippen LogP contribution >= 0.6 is 34.9 Å². The van der Waals surface area contributed by atoms with Crippen LogP contribution in [-0.4, -0.2) is 33.1 Å². The summed E-state index contributed by atoms with van der Waals surface area (Å²) in [6.45, 7) is 5.97. The molecule has 3 N–H and O–H groups in total. The van der Waals surface area contributed by atoms with Crippen molar-refractivity contribution in [1.82, 2.24) is 15.5 Å². The van der Waals surface area contributed by atoms with Gasteiger partial charge in [-0.3, -0.25) is 10.1 Å². The van der Waals surface area contributed by atoms with E-state index in [4.69, 9.17) is 5.73 Å². The fourth-order valence-corrected chi connectivity index (χ4v) is 4.78. The van der Waals surface area contributed by atoms with Gasteiger partial charge in [-0.05, 0) is 12.3 Å². The van der Waals surface area contributed by atoms with Gasteiger partial charge in [0.2, 0.25) is 5.91 Å². The first kappa shape index (κ1) is 18.2. The fraction of sp³-hybridized carbons (Fsp3) is 0.667. The van der Waals surface area contributed by atoms with E-state index < -0.39 is 17.2 Å². The molecule has 0 aliphatic carbocycles. The molecular formula is C12H20N4O2S3. The molecule has 0 bridgehead atoms. The standard InChI is InChI=1S/C12H20N4O2S3/c1-4-5-6-19-11-15-16-12(21-11)20-8(7(2)3)9(17)14-10(13)18/h7-8H,4-6H2,1-3H3,(H3,13,14,17,18)/t8-/m0/s1. The zero-order valence-electron chi connectivity index (χ0n) is 12.3. The molecule has 0 unspecified atom stereocenters. The number of nitrogens with one attached hydrogen (secondary N) is 1. The highest BCUT2D eigenvalue weighted by atomic mass is 32.2. The van der Waals surface area contributed by atoms with Crippen LogP contribution < -0.4 is 11.1 Å². The van der Waals surface area contributed by atoms with Crippen LogP contribution in [0.1, 0.15) is 33.6 Å². The number of thioether (sulfide) groups is 2. The number of rotatable bonds is 8. The molecule has 21 heavy (non-hydrogen) atoms. The highest BCUT2D eigenvalue weighted by Gasteiger charge is 2.26. The predicted octanol–water partition coefficient (Wildman–Crippen LogP) is 2.74. The van der Waals surface area contributed by atoms with Gasteiger partial charge in [0.05, 0.1) is 5.25 Å². The summed E-state index contributed by atoms with van der Waals surface area (Å²) in [5, 5.41) is 9.91. The Labute approximate surface area is 137 Å². The maximum Gasteiger partial charge on any atom is 0.318 e. The number of hydrogen-bond donors (Lipinski definition) is 2. The number of unbranched alkanes of at least 4 members (excludes halogenated alkanes) is 1. The number of aromatic nitrogens is 2. The average molecular weight is 349 g/mol. The molecule has 0 aromatic carbocycles. The van der Waals surface area contributed by atoms with Crippen LogP contribution in [0.4, 0.5) is 4.79 Å². The molecule has 9 heteroatoms. The van der Waals surface area contributed by atoms with Crippen LogP contribution in [0.2, 0.25) is 0 Å². The normalized spacial score (nSPS) is 12.4. The summed E-state index contributed by atoms with van der Waals surface area (Å²) in [7, 11) is 0. The van der Waals surface area contributed by atoms with Crippen molar-refractivity contribution in [1.29, 1.82) is 0 Å². The molecule has 0 radical (unpaired) electrons. The molecule has 0 spiro atoms. The lowest BCUT2D eigenvalue weighted by molar-refractivity contribution is -0.120. The first-order chi connectivity index (χ1) is 9.93. The van der Waals surface area contributed by atoms with E-state index in [0.717, 1.165) is 27.3 Å². The second-order valence-corrected chi connectivity index (χ2v) is 8.38. The average Bonchev–Trinajstić information content (AvgIpc) is 2.82. The largest absolute Gasteiger partial charge is 0.351 e. The van der Waals surface area contributed by atoms with Gasteiger partial charge in [-0.25, -0.2) is 4.79 Å². The topological polar surface area (TPSA) is 98.0 Å². The van der Waals surface area contributed by atoms with E-state index in [1.54, 1.807) is 11.8 Å². The lowest BCUT2D eigenvalue weighted by atomic mass is 10.1. The van der Waals surface area contributed by atoms with Crippen LogP contribution in [0.25, 0.3) is 0 Å². The Hall–Kier alpha value is -0.800. The van der Waals surface area contributed by atoms with Gasteiger partial charge in [0.15, 0.2) is 8.68 Å². The Bertz CT molecular complexity index is 479. The number of hydrogen-bond acceptors (Lipinski definition) is 7. The maximum atomic E-state index is 11.9. The Morgan fingerprint density at radius 3 is 2.57 bits per heavy atom. The highest BCUT2D eigenvalue weighted by Crippen LogP contribution is 2.34. The van der Waals surface area contributed by atoms with Crippen LogP contribution in [0.5, 0.6) is 0 Å². The summed E-state index contributed by atoms with van der Waals surface area (Å²) >= 11 is 4.47. The van der Waals surface area contributed by atoms with E-state index >= 15 is 0 Å². The van der Waals surface area contributed by atoms with Crippen LogP contribution in [0.15, 0.2) is 8.68 Å². The monoisotopic (exact) mass is 348 g/mol. The van der Waals surface area contributed by atoms with Gasteiger partial charge in [0.25, 0.3) is 0 Å². The molecule has 1 aromatic rings. The number of carbonyl (C=O) groups is 2. The van der Waals surface area contributed by atoms with Crippen molar-refractivity contribution in [3.8, 4) is 0 Å². The second kappa shape index (κ2) is 9.26. The molecule has 1 rings (SSSR count). The van der Waals surface area contributed by atoms with Crippen molar-refractivity contribution in [2.45, 2.75) is 47.5 Å². The van der Waals surface area contributed by atoms with E-state index in [2.05, 4.69) is 22.4 Å². The van der Waals surface area contributed by atoms with Crippen molar-refractivity contribution in [2.24, 2.45) is 11.7 Å². The molecule has 1 heterocycles. The summed E-state index contributed by atoms with van der Waals surface area (Å²) in [5.41, 5.74) is 4.99. The molecule has 118 valence electrons. The molecule has 1 atom stereocenters. The third kappa shape index (κ3) is 6.66. The molecule has 0 fully saturated rings. The summed E-state index contributed by atoms with van der Waals surface area (Å²) in [4.78, 5) is 22.7. The molecule has 0 aliphatic rings. The smallest absolute Gasteiger partial charge is 0.318 e. The van der Waals surface area contributed by atoms with Gasteiger partial charge >= 0.3 is 6.03 Å². The SMILES string of the molecule is CCCCSc1nnc(S[C@H](C(=O)NC(N)=O)C(C)C)s1. The van der Waals surface area contributed by atoms with E-state index in [9.17, 15) is 9.59 Å². The van der Waals surface area contributed by atoms with Gasteiger partial charge in [0.1, 0.15) is 0 Å². The van der Waals surface area contributed by atoms with Crippen LogP contribution in [0.3, 0.4) is 0 Å². The van der Waals surface area contributed by atoms with Crippen LogP contribution in [-0.2, 0) is 4.79 Å². The second-order valence-electron chi connectivity index (χ2n) is 4.67. The number of imide groups is 1. The third-order valence-corrected chi connectivity index (χ3v) is 6.22. The van der Waals surface area contributed by atoms with Gasteiger partial charge in [-0.15, -0.1) is 10.2 Å². The molecule has 1 aromatic heterocycles. The minimum atomic E-state index is -0.834. The maximum absolute atomic E-state index is 11.9. The number of carbonyl (C=O) groups excluding carboxylic acids is 2. The summed E-state index contributed by atoms with van der Waals surface area (Å²) in [6, 6.07) is -0.834. The van der Waals surface area contributed by atoms with Gasteiger partial charge < -0.3 is 5.73 Å². The van der Waals surface area contributed by atoms with Gasteiger partial charge in [0, 0.05) is 5.75 Å². The minimum Gasteiger partial charge on any atom is -0.351 e. The Morgan fingerprint density at radius 2 is 2.00 bits per heavy atom. The van der Waals surface area contributed by atoms with E-state index in [0.29, 0.717) is 0 Å². The predicted molar refractivity (Wildman–Crippen MR) is 87.8 cm³/mol. The molecule has 0 saturated carbocycles. The van der Waals surface area contributed by atoms with E-state index in [-0.39, 0.29) is 5.92 Å². The molecule has 0 aliphatic heterocycles. The number of amides is 3. The van der Waals surface area contributed by atoms with E-state index in [1.807, 2.05) is 13.8 Å². The van der Waals surface area contributed by atoms with Crippen molar-refractivity contribution in [2.75, 3.05) is 5.75 Å². The molecule has 6 nitrogen and oxygen atoms in total. The quantitative estimate of drug-likeness (QED) is 0.554. The van der Waals surface area contributed by atoms with Gasteiger partial charge in [-0.1, -0.05) is 62.1 Å². The van der Waals surface area contributed by atoms with Crippen molar-refractivity contribution >= 4 is 46.8 Å². The molecule has 3 amide bonds. The first-order valence-corrected chi connectivity index (χ1v) is 9.35. The minimum absolute atomic E-state index is 0.0504. The van der Waals surface area contributed by atoms with Crippen molar-refractivity contribution in [3.05, 3.63) is 0 Å². The summed E-state index contributed by atoms with van der Waals surface area (Å²) in [5.74, 6) is 0.679. The molecule has 0 saturated heterocycles. The Kier molecular flexibility index (Phi) is 8.05. The zero-order valence-corrected chi connectivity index (χ0v) is 14.7. The zero-order chi connectivity index (χ0) is 15.8. The van der Waals surface area contributed by atoms with Crippen LogP contribution in [0, 0.1) is 5.92 Å². The fourth-order valence-electron chi connectivity index (χ4n) is 1.40. The lowest BCUT2D eigenvalue weighted by Crippen LogP contribution is -2.42. The Morgan fingerprint density at radius 1 is 1.33 bits per heavy atom. The highest BCUT2D eigenvalue weighted by molar-refractivity contribution is 8.04. The molecular weight excluding hydrogens is 328 g/mol. The lowest BCUT2D eigenvalue weighted by Gasteiger charge is -2.16.